The fourth-order valence-electron chi connectivity index (χ4n) is 3.55. The molecule has 20 heavy (non-hydrogen) atoms. The standard InChI is InChI=1S/C14H23NO4S/c1-2-3-6-9-20(18,19)15-12-8-5-4-7-11(12)10-13(15)14(16)17/h2,11-13H,1,3-10H2,(H,16,17). The zero-order valence-electron chi connectivity index (χ0n) is 11.7. The molecule has 2 rings (SSSR count). The molecule has 0 amide bonds. The van der Waals surface area contributed by atoms with Gasteiger partial charge in [-0.25, -0.2) is 8.42 Å². The number of sulfonamides is 1. The van der Waals surface area contributed by atoms with Crippen LogP contribution in [0.4, 0.5) is 0 Å². The van der Waals surface area contributed by atoms with Crippen LogP contribution in [0.1, 0.15) is 44.9 Å². The maximum Gasteiger partial charge on any atom is 0.322 e. The topological polar surface area (TPSA) is 74.7 Å². The van der Waals surface area contributed by atoms with Crippen LogP contribution in [0, 0.1) is 5.92 Å². The van der Waals surface area contributed by atoms with E-state index < -0.39 is 22.0 Å². The number of carboxylic acid groups (broad SMARTS) is 1. The lowest BCUT2D eigenvalue weighted by Gasteiger charge is -2.32. The highest BCUT2D eigenvalue weighted by Crippen LogP contribution is 2.41. The summed E-state index contributed by atoms with van der Waals surface area (Å²) in [4.78, 5) is 11.4. The number of nitrogens with zero attached hydrogens (tertiary/aromatic N) is 1. The second-order valence-electron chi connectivity index (χ2n) is 5.78. The van der Waals surface area contributed by atoms with E-state index in [1.165, 1.54) is 4.31 Å². The van der Waals surface area contributed by atoms with Gasteiger partial charge < -0.3 is 5.11 Å². The molecular formula is C14H23NO4S. The van der Waals surface area contributed by atoms with Gasteiger partial charge in [0.2, 0.25) is 10.0 Å². The van der Waals surface area contributed by atoms with E-state index in [4.69, 9.17) is 0 Å². The van der Waals surface area contributed by atoms with Crippen molar-refractivity contribution < 1.29 is 18.3 Å². The van der Waals surface area contributed by atoms with Crippen molar-refractivity contribution >= 4 is 16.0 Å². The van der Waals surface area contributed by atoms with Gasteiger partial charge in [0.05, 0.1) is 5.75 Å². The normalized spacial score (nSPS) is 30.9. The summed E-state index contributed by atoms with van der Waals surface area (Å²) >= 11 is 0. The Morgan fingerprint density at radius 2 is 2.05 bits per heavy atom. The Kier molecular flexibility index (Phi) is 4.86. The molecule has 5 nitrogen and oxygen atoms in total. The SMILES string of the molecule is C=CCCCS(=O)(=O)N1C(C(=O)O)CC2CCCCC21. The first-order chi connectivity index (χ1) is 9.47. The summed E-state index contributed by atoms with van der Waals surface area (Å²) in [6, 6.07) is -0.963. The first kappa shape index (κ1) is 15.5. The van der Waals surface area contributed by atoms with Crippen molar-refractivity contribution in [1.82, 2.24) is 4.31 Å². The van der Waals surface area contributed by atoms with Gasteiger partial charge in [0.1, 0.15) is 6.04 Å². The van der Waals surface area contributed by atoms with Crippen LogP contribution in [0.5, 0.6) is 0 Å². The lowest BCUT2D eigenvalue weighted by molar-refractivity contribution is -0.141. The maximum absolute atomic E-state index is 12.5. The minimum absolute atomic E-state index is 0.0199. The molecule has 2 aliphatic rings. The molecule has 0 spiro atoms. The Hall–Kier alpha value is -0.880. The van der Waals surface area contributed by atoms with Crippen LogP contribution in [0.15, 0.2) is 12.7 Å². The van der Waals surface area contributed by atoms with E-state index in [2.05, 4.69) is 6.58 Å². The minimum atomic E-state index is -3.49. The van der Waals surface area contributed by atoms with Crippen LogP contribution in [-0.2, 0) is 14.8 Å². The summed E-state index contributed by atoms with van der Waals surface area (Å²) in [5, 5.41) is 9.34. The van der Waals surface area contributed by atoms with Crippen LogP contribution in [0.3, 0.4) is 0 Å². The summed E-state index contributed by atoms with van der Waals surface area (Å²) in [5.41, 5.74) is 0. The van der Waals surface area contributed by atoms with Crippen molar-refractivity contribution in [3.63, 3.8) is 0 Å². The summed E-state index contributed by atoms with van der Waals surface area (Å²) in [6.45, 7) is 3.58. The Bertz CT molecular complexity index is 474. The summed E-state index contributed by atoms with van der Waals surface area (Å²) in [7, 11) is -3.49. The van der Waals surface area contributed by atoms with Crippen molar-refractivity contribution in [2.75, 3.05) is 5.75 Å². The molecule has 6 heteroatoms. The number of fused-ring (bicyclic) bond motifs is 1. The molecule has 3 unspecified atom stereocenters. The monoisotopic (exact) mass is 301 g/mol. The molecule has 1 aliphatic carbocycles. The number of aliphatic carboxylic acids is 1. The van der Waals surface area contributed by atoms with E-state index in [1.807, 2.05) is 0 Å². The summed E-state index contributed by atoms with van der Waals surface area (Å²) < 4.78 is 26.3. The lowest BCUT2D eigenvalue weighted by atomic mass is 9.85. The molecule has 3 atom stereocenters. The molecule has 0 bridgehead atoms. The van der Waals surface area contributed by atoms with E-state index in [9.17, 15) is 18.3 Å². The predicted molar refractivity (Wildman–Crippen MR) is 76.8 cm³/mol. The molecule has 114 valence electrons. The van der Waals surface area contributed by atoms with Gasteiger partial charge in [0.25, 0.3) is 0 Å². The van der Waals surface area contributed by atoms with Gasteiger partial charge in [0, 0.05) is 6.04 Å². The smallest absolute Gasteiger partial charge is 0.322 e. The van der Waals surface area contributed by atoms with Gasteiger partial charge in [-0.05, 0) is 38.0 Å². The molecule has 1 saturated heterocycles. The highest BCUT2D eigenvalue weighted by atomic mass is 32.2. The van der Waals surface area contributed by atoms with E-state index >= 15 is 0 Å². The number of carboxylic acids is 1. The average Bonchev–Trinajstić information content (AvgIpc) is 2.79. The summed E-state index contributed by atoms with van der Waals surface area (Å²) in [6.07, 6.45) is 7.13. The first-order valence-electron chi connectivity index (χ1n) is 7.32. The molecule has 1 heterocycles. The van der Waals surface area contributed by atoms with Crippen molar-refractivity contribution in [2.24, 2.45) is 5.92 Å². The van der Waals surface area contributed by atoms with Gasteiger partial charge in [-0.2, -0.15) is 4.31 Å². The lowest BCUT2D eigenvalue weighted by Crippen LogP contribution is -2.47. The zero-order valence-corrected chi connectivity index (χ0v) is 12.5. The van der Waals surface area contributed by atoms with Crippen LogP contribution >= 0.6 is 0 Å². The van der Waals surface area contributed by atoms with Crippen LogP contribution < -0.4 is 0 Å². The quantitative estimate of drug-likeness (QED) is 0.601. The highest BCUT2D eigenvalue weighted by molar-refractivity contribution is 7.89. The second-order valence-corrected chi connectivity index (χ2v) is 7.77. The number of rotatable bonds is 6. The third-order valence-corrected chi connectivity index (χ3v) is 6.42. The van der Waals surface area contributed by atoms with Crippen molar-refractivity contribution in [2.45, 2.75) is 57.0 Å². The third-order valence-electron chi connectivity index (χ3n) is 4.45. The Labute approximate surface area is 120 Å². The predicted octanol–water partition coefficient (Wildman–Crippen LogP) is 2.00. The molecule has 0 radical (unpaired) electrons. The zero-order chi connectivity index (χ0) is 14.8. The van der Waals surface area contributed by atoms with Gasteiger partial charge in [-0.15, -0.1) is 6.58 Å². The van der Waals surface area contributed by atoms with Gasteiger partial charge in [-0.1, -0.05) is 18.9 Å². The van der Waals surface area contributed by atoms with Crippen LogP contribution in [-0.4, -0.2) is 41.6 Å². The largest absolute Gasteiger partial charge is 0.480 e. The van der Waals surface area contributed by atoms with Crippen molar-refractivity contribution in [3.05, 3.63) is 12.7 Å². The number of carbonyl (C=O) groups is 1. The van der Waals surface area contributed by atoms with E-state index in [1.54, 1.807) is 6.08 Å². The van der Waals surface area contributed by atoms with Crippen molar-refractivity contribution in [3.8, 4) is 0 Å². The highest BCUT2D eigenvalue weighted by Gasteiger charge is 2.50. The molecule has 0 aromatic rings. The van der Waals surface area contributed by atoms with Gasteiger partial charge >= 0.3 is 5.97 Å². The van der Waals surface area contributed by atoms with Gasteiger partial charge in [0.15, 0.2) is 0 Å². The number of allylic oxidation sites excluding steroid dienone is 1. The Balaban J connectivity index is 2.19. The van der Waals surface area contributed by atoms with Crippen LogP contribution in [0.25, 0.3) is 0 Å². The first-order valence-corrected chi connectivity index (χ1v) is 8.93. The van der Waals surface area contributed by atoms with E-state index in [0.717, 1.165) is 25.7 Å². The molecule has 1 N–H and O–H groups in total. The third kappa shape index (κ3) is 3.06. The van der Waals surface area contributed by atoms with E-state index in [-0.39, 0.29) is 17.7 Å². The minimum Gasteiger partial charge on any atom is -0.480 e. The summed E-state index contributed by atoms with van der Waals surface area (Å²) in [5.74, 6) is -0.767. The average molecular weight is 301 g/mol. The molecule has 1 saturated carbocycles. The second kappa shape index (κ2) is 6.26. The fraction of sp³-hybridized carbons (Fsp3) is 0.786. The Morgan fingerprint density at radius 1 is 1.35 bits per heavy atom. The molecule has 2 fully saturated rings. The molecular weight excluding hydrogens is 278 g/mol. The number of hydrogen-bond acceptors (Lipinski definition) is 3. The van der Waals surface area contributed by atoms with Crippen LogP contribution in [0.2, 0.25) is 0 Å². The molecule has 0 aromatic carbocycles. The number of hydrogen-bond donors (Lipinski definition) is 1. The van der Waals surface area contributed by atoms with E-state index in [0.29, 0.717) is 19.3 Å². The maximum atomic E-state index is 12.5. The van der Waals surface area contributed by atoms with Gasteiger partial charge in [-0.3, -0.25) is 4.79 Å². The Morgan fingerprint density at radius 3 is 2.70 bits per heavy atom. The fourth-order valence-corrected chi connectivity index (χ4v) is 5.54. The van der Waals surface area contributed by atoms with Crippen molar-refractivity contribution in [1.29, 1.82) is 0 Å². The molecule has 1 aliphatic heterocycles. The number of unbranched alkanes of at least 4 members (excludes halogenated alkanes) is 1. The molecule has 0 aromatic heterocycles.